The Kier molecular flexibility index (Phi) is 10.1. The minimum Gasteiger partial charge on any atom is -0.0654 e. The summed E-state index contributed by atoms with van der Waals surface area (Å²) in [6.07, 6.45) is 11.7. The van der Waals surface area contributed by atoms with E-state index >= 15 is 0 Å². The molecule has 9 rings (SSSR count). The van der Waals surface area contributed by atoms with Crippen LogP contribution in [0, 0.1) is 0 Å². The predicted octanol–water partition coefficient (Wildman–Crippen LogP) is 10.5. The van der Waals surface area contributed by atoms with E-state index in [1.807, 2.05) is 0 Å². The average molecular weight is 687 g/mol. The van der Waals surface area contributed by atoms with Gasteiger partial charge in [0.2, 0.25) is 0 Å². The first-order valence-electron chi connectivity index (χ1n) is 18.9. The molecule has 0 aliphatic heterocycles. The lowest BCUT2D eigenvalue weighted by Gasteiger charge is -2.52. The lowest BCUT2D eigenvalue weighted by Crippen LogP contribution is -2.45. The topological polar surface area (TPSA) is 0 Å². The fourth-order valence-electron chi connectivity index (χ4n) is 9.07. The van der Waals surface area contributed by atoms with Crippen molar-refractivity contribution < 1.29 is 0 Å². The largest absolute Gasteiger partial charge is 0.0654 e. The van der Waals surface area contributed by atoms with E-state index in [-0.39, 0.29) is 5.41 Å². The quantitative estimate of drug-likeness (QED) is 0.0838. The van der Waals surface area contributed by atoms with Crippen molar-refractivity contribution >= 4 is 47.7 Å². The highest BCUT2D eigenvalue weighted by Crippen LogP contribution is 2.60. The van der Waals surface area contributed by atoms with Gasteiger partial charge in [-0.15, -0.1) is 0 Å². The van der Waals surface area contributed by atoms with Gasteiger partial charge in [-0.05, 0) is 89.2 Å². The average Bonchev–Trinajstić information content (AvgIpc) is 3.18. The maximum atomic E-state index is 2.54. The van der Waals surface area contributed by atoms with Crippen LogP contribution in [0.1, 0.15) is 92.9 Å². The molecular weight excluding hydrogens is 638 g/mol. The lowest BCUT2D eigenvalue weighted by molar-refractivity contribution is 0.339. The zero-order valence-corrected chi connectivity index (χ0v) is 31.1. The first-order chi connectivity index (χ1) is 24.8. The van der Waals surface area contributed by atoms with Crippen molar-refractivity contribution in [1.29, 1.82) is 0 Å². The highest BCUT2D eigenvalue weighted by molar-refractivity contribution is 7.80. The maximum Gasteiger partial charge on any atom is 0.0209 e. The minimum atomic E-state index is -0.714. The van der Waals surface area contributed by atoms with Crippen LogP contribution < -0.4 is 31.8 Å². The van der Waals surface area contributed by atoms with Crippen molar-refractivity contribution in [3.63, 3.8) is 0 Å². The molecule has 0 amide bonds. The van der Waals surface area contributed by atoms with Crippen molar-refractivity contribution in [3.8, 4) is 0 Å². The fraction of sp³-hybridized carbons (Fsp3) is 0.250. The summed E-state index contributed by atoms with van der Waals surface area (Å²) in [7, 11) is -1.43. The van der Waals surface area contributed by atoms with Crippen LogP contribution in [0.5, 0.6) is 0 Å². The molecule has 3 aliphatic rings. The Morgan fingerprint density at radius 3 is 1.28 bits per heavy atom. The number of rotatable bonds is 13. The van der Waals surface area contributed by atoms with Gasteiger partial charge in [-0.3, -0.25) is 0 Å². The van der Waals surface area contributed by atoms with Gasteiger partial charge in [0.1, 0.15) is 0 Å². The molecule has 0 heterocycles. The molecule has 0 unspecified atom stereocenters. The summed E-state index contributed by atoms with van der Waals surface area (Å²) in [5, 5.41) is 8.90. The van der Waals surface area contributed by atoms with Gasteiger partial charge in [0, 0.05) is 11.3 Å². The van der Waals surface area contributed by atoms with E-state index in [1.165, 1.54) is 79.0 Å². The van der Waals surface area contributed by atoms with Crippen LogP contribution in [0.15, 0.2) is 158 Å². The number of benzene rings is 6. The van der Waals surface area contributed by atoms with Crippen molar-refractivity contribution in [2.75, 3.05) is 0 Å². The van der Waals surface area contributed by atoms with Gasteiger partial charge < -0.3 is 0 Å². The molecule has 0 atom stereocenters. The first kappa shape index (κ1) is 33.3. The summed E-state index contributed by atoms with van der Waals surface area (Å²) in [5.74, 6) is 0.397. The van der Waals surface area contributed by atoms with Crippen LogP contribution in [0.2, 0.25) is 0 Å². The molecule has 250 valence electrons. The van der Waals surface area contributed by atoms with Crippen LogP contribution >= 0.6 is 15.8 Å². The predicted molar refractivity (Wildman–Crippen MR) is 220 cm³/mol. The third kappa shape index (κ3) is 6.21. The van der Waals surface area contributed by atoms with Crippen molar-refractivity contribution in [3.05, 3.63) is 180 Å². The Balaban J connectivity index is 1.35. The summed E-state index contributed by atoms with van der Waals surface area (Å²) in [4.78, 5) is 0. The third-order valence-corrected chi connectivity index (χ3v) is 16.3. The molecule has 0 nitrogen and oxygen atoms in total. The number of hydrogen-bond donors (Lipinski definition) is 0. The van der Waals surface area contributed by atoms with Gasteiger partial charge in [0.05, 0.1) is 0 Å². The van der Waals surface area contributed by atoms with Crippen LogP contribution in [-0.2, 0) is 5.41 Å². The Hall–Kier alpha value is -3.82. The Labute approximate surface area is 302 Å². The molecule has 3 aliphatic carbocycles. The minimum absolute atomic E-state index is 0.0545. The molecule has 0 saturated heterocycles. The zero-order valence-electron chi connectivity index (χ0n) is 29.3. The van der Waals surface area contributed by atoms with E-state index in [1.54, 1.807) is 32.9 Å². The molecule has 0 aromatic heterocycles. The lowest BCUT2D eigenvalue weighted by atomic mass is 9.54. The summed E-state index contributed by atoms with van der Waals surface area (Å²) in [6, 6.07) is 60.4. The SMILES string of the molecule is CCCCCCCCC12CCC(c3c(P(c4ccccc4)c4ccccc4)cccc31)c1c(P(c3ccccc3)c3ccccc3)cccc12. The Morgan fingerprint density at radius 1 is 0.460 bits per heavy atom. The van der Waals surface area contributed by atoms with E-state index in [0.717, 1.165) is 0 Å². The first-order valence-corrected chi connectivity index (χ1v) is 21.6. The second kappa shape index (κ2) is 15.2. The van der Waals surface area contributed by atoms with Gasteiger partial charge in [-0.25, -0.2) is 0 Å². The van der Waals surface area contributed by atoms with E-state index in [9.17, 15) is 0 Å². The molecule has 0 spiro atoms. The zero-order chi connectivity index (χ0) is 33.8. The molecular formula is C48H48P2. The third-order valence-electron chi connectivity index (χ3n) is 11.3. The Bertz CT molecular complexity index is 1790. The molecule has 6 aromatic rings. The van der Waals surface area contributed by atoms with Crippen LogP contribution in [0.25, 0.3) is 0 Å². The highest BCUT2D eigenvalue weighted by Gasteiger charge is 2.50. The van der Waals surface area contributed by atoms with Crippen LogP contribution in [0.4, 0.5) is 0 Å². The summed E-state index contributed by atoms with van der Waals surface area (Å²) < 4.78 is 0. The van der Waals surface area contributed by atoms with E-state index in [4.69, 9.17) is 0 Å². The molecule has 50 heavy (non-hydrogen) atoms. The number of hydrogen-bond acceptors (Lipinski definition) is 0. The van der Waals surface area contributed by atoms with Crippen molar-refractivity contribution in [2.45, 2.75) is 76.0 Å². The fourth-order valence-corrected chi connectivity index (χ4v) is 14.2. The summed E-state index contributed by atoms with van der Waals surface area (Å²) in [6.45, 7) is 2.32. The highest BCUT2D eigenvalue weighted by atomic mass is 31.1. The van der Waals surface area contributed by atoms with Crippen molar-refractivity contribution in [2.24, 2.45) is 0 Å². The van der Waals surface area contributed by atoms with Gasteiger partial charge in [0.25, 0.3) is 0 Å². The second-order valence-electron chi connectivity index (χ2n) is 14.2. The number of fused-ring (bicyclic) bond motifs is 1. The molecule has 2 heteroatoms. The summed E-state index contributed by atoms with van der Waals surface area (Å²) in [5.41, 5.74) is 6.62. The molecule has 0 saturated carbocycles. The van der Waals surface area contributed by atoms with E-state index < -0.39 is 15.8 Å². The smallest absolute Gasteiger partial charge is 0.0209 e. The van der Waals surface area contributed by atoms with Crippen molar-refractivity contribution in [1.82, 2.24) is 0 Å². The number of unbranched alkanes of at least 4 members (excludes halogenated alkanes) is 5. The van der Waals surface area contributed by atoms with Gasteiger partial charge >= 0.3 is 0 Å². The maximum absolute atomic E-state index is 2.54. The van der Waals surface area contributed by atoms with Crippen LogP contribution in [0.3, 0.4) is 0 Å². The van der Waals surface area contributed by atoms with Gasteiger partial charge in [-0.1, -0.05) is 203 Å². The molecule has 0 fully saturated rings. The standard InChI is InChI=1S/C48H48P2/c1-2-3-4-5-6-19-35-48-36-34-41(46-42(48)30-20-32-44(46)49(37-22-11-7-12-23-37)38-24-13-8-14-25-38)47-43(48)31-21-33-45(47)50(39-26-15-9-16-27-39)40-28-17-10-18-29-40/h7-18,20-33,41H,2-6,19,34-36H2,1H3. The van der Waals surface area contributed by atoms with Crippen LogP contribution in [-0.4, -0.2) is 0 Å². The molecule has 0 radical (unpaired) electrons. The van der Waals surface area contributed by atoms with E-state index in [0.29, 0.717) is 5.92 Å². The monoisotopic (exact) mass is 686 g/mol. The van der Waals surface area contributed by atoms with Gasteiger partial charge in [-0.2, -0.15) is 0 Å². The normalized spacial score (nSPS) is 17.5. The Morgan fingerprint density at radius 2 is 0.860 bits per heavy atom. The van der Waals surface area contributed by atoms with E-state index in [2.05, 4.69) is 165 Å². The molecule has 6 aromatic carbocycles. The molecule has 0 N–H and O–H groups in total. The molecule has 2 bridgehead atoms. The summed E-state index contributed by atoms with van der Waals surface area (Å²) >= 11 is 0. The second-order valence-corrected chi connectivity index (χ2v) is 18.6. The van der Waals surface area contributed by atoms with Gasteiger partial charge in [0.15, 0.2) is 0 Å².